The fourth-order valence-electron chi connectivity index (χ4n) is 2.42. The van der Waals surface area contributed by atoms with Crippen molar-refractivity contribution in [1.29, 1.82) is 0 Å². The van der Waals surface area contributed by atoms with E-state index in [0.29, 0.717) is 5.56 Å². The van der Waals surface area contributed by atoms with Gasteiger partial charge in [0.1, 0.15) is 0 Å². The van der Waals surface area contributed by atoms with E-state index in [1.807, 2.05) is 6.07 Å². The van der Waals surface area contributed by atoms with Gasteiger partial charge in [-0.05, 0) is 12.8 Å². The van der Waals surface area contributed by atoms with Crippen molar-refractivity contribution in [1.82, 2.24) is 0 Å². The molecule has 0 unspecified atom stereocenters. The van der Waals surface area contributed by atoms with Gasteiger partial charge in [-0.25, -0.2) is 8.42 Å². The van der Waals surface area contributed by atoms with Crippen molar-refractivity contribution in [2.45, 2.75) is 37.4 Å². The summed E-state index contributed by atoms with van der Waals surface area (Å²) < 4.78 is 24.0. The van der Waals surface area contributed by atoms with Crippen molar-refractivity contribution in [2.75, 3.05) is 5.75 Å². The standard InChI is InChI=1S/C14H18O3S/c15-14(12-6-2-1-3-7-12)10-11-18(16,17)13-8-4-5-9-13/h1-3,6-7,13H,4-5,8-11H2. The normalized spacial score (nSPS) is 16.9. The number of carbonyl (C=O) groups is 1. The third kappa shape index (κ3) is 3.19. The number of hydrogen-bond donors (Lipinski definition) is 0. The summed E-state index contributed by atoms with van der Waals surface area (Å²) in [6, 6.07) is 8.87. The minimum Gasteiger partial charge on any atom is -0.294 e. The zero-order chi connectivity index (χ0) is 13.0. The summed E-state index contributed by atoms with van der Waals surface area (Å²) >= 11 is 0. The average Bonchev–Trinajstić information content (AvgIpc) is 2.92. The molecule has 4 heteroatoms. The molecular weight excluding hydrogens is 248 g/mol. The molecule has 0 amide bonds. The Morgan fingerprint density at radius 1 is 1.11 bits per heavy atom. The molecule has 1 aromatic rings. The Morgan fingerprint density at radius 2 is 1.72 bits per heavy atom. The van der Waals surface area contributed by atoms with Crippen LogP contribution in [0.2, 0.25) is 0 Å². The lowest BCUT2D eigenvalue weighted by molar-refractivity contribution is 0.0988. The van der Waals surface area contributed by atoms with Crippen LogP contribution < -0.4 is 0 Å². The van der Waals surface area contributed by atoms with Crippen LogP contribution in [0.15, 0.2) is 30.3 Å². The van der Waals surface area contributed by atoms with E-state index in [1.165, 1.54) is 0 Å². The van der Waals surface area contributed by atoms with Crippen LogP contribution in [-0.4, -0.2) is 25.2 Å². The fraction of sp³-hybridized carbons (Fsp3) is 0.500. The molecule has 0 N–H and O–H groups in total. The van der Waals surface area contributed by atoms with E-state index in [0.717, 1.165) is 25.7 Å². The van der Waals surface area contributed by atoms with Gasteiger partial charge < -0.3 is 0 Å². The highest BCUT2D eigenvalue weighted by Gasteiger charge is 2.28. The lowest BCUT2D eigenvalue weighted by Gasteiger charge is -2.10. The predicted octanol–water partition coefficient (Wildman–Crippen LogP) is 2.62. The minimum atomic E-state index is -3.08. The Morgan fingerprint density at radius 3 is 2.33 bits per heavy atom. The Balaban J connectivity index is 1.93. The smallest absolute Gasteiger partial charge is 0.163 e. The summed E-state index contributed by atoms with van der Waals surface area (Å²) in [5, 5.41) is -0.207. The molecule has 0 atom stereocenters. The highest BCUT2D eigenvalue weighted by molar-refractivity contribution is 7.92. The number of benzene rings is 1. The van der Waals surface area contributed by atoms with Crippen LogP contribution >= 0.6 is 0 Å². The second-order valence-corrected chi connectivity index (χ2v) is 7.21. The molecule has 1 fully saturated rings. The zero-order valence-electron chi connectivity index (χ0n) is 10.3. The molecule has 0 aliphatic heterocycles. The maximum Gasteiger partial charge on any atom is 0.163 e. The van der Waals surface area contributed by atoms with Crippen LogP contribution in [0, 0.1) is 0 Å². The monoisotopic (exact) mass is 266 g/mol. The molecule has 98 valence electrons. The van der Waals surface area contributed by atoms with Crippen molar-refractivity contribution < 1.29 is 13.2 Å². The highest BCUT2D eigenvalue weighted by atomic mass is 32.2. The van der Waals surface area contributed by atoms with Gasteiger partial charge in [-0.3, -0.25) is 4.79 Å². The first-order chi connectivity index (χ1) is 8.59. The number of ketones is 1. The SMILES string of the molecule is O=C(CCS(=O)(=O)C1CCCC1)c1ccccc1. The van der Waals surface area contributed by atoms with Gasteiger partial charge in [0.05, 0.1) is 11.0 Å². The zero-order valence-corrected chi connectivity index (χ0v) is 11.2. The van der Waals surface area contributed by atoms with Gasteiger partial charge in [0.25, 0.3) is 0 Å². The largest absolute Gasteiger partial charge is 0.294 e. The van der Waals surface area contributed by atoms with Crippen molar-refractivity contribution in [3.8, 4) is 0 Å². The predicted molar refractivity (Wildman–Crippen MR) is 71.4 cm³/mol. The Bertz CT molecular complexity index is 499. The molecule has 0 saturated heterocycles. The van der Waals surface area contributed by atoms with E-state index in [1.54, 1.807) is 24.3 Å². The molecule has 0 radical (unpaired) electrons. The number of sulfone groups is 1. The van der Waals surface area contributed by atoms with E-state index >= 15 is 0 Å². The van der Waals surface area contributed by atoms with Crippen LogP contribution in [0.25, 0.3) is 0 Å². The van der Waals surface area contributed by atoms with Crippen molar-refractivity contribution in [2.24, 2.45) is 0 Å². The van der Waals surface area contributed by atoms with Crippen molar-refractivity contribution in [3.63, 3.8) is 0 Å². The minimum absolute atomic E-state index is 0.00854. The maximum absolute atomic E-state index is 12.0. The van der Waals surface area contributed by atoms with Gasteiger partial charge in [-0.1, -0.05) is 43.2 Å². The van der Waals surface area contributed by atoms with Crippen LogP contribution in [0.5, 0.6) is 0 Å². The number of rotatable bonds is 5. The lowest BCUT2D eigenvalue weighted by atomic mass is 10.1. The second kappa shape index (κ2) is 5.65. The summed E-state index contributed by atoms with van der Waals surface area (Å²) in [5.41, 5.74) is 0.596. The third-order valence-electron chi connectivity index (χ3n) is 3.52. The molecule has 0 heterocycles. The summed E-state index contributed by atoms with van der Waals surface area (Å²) in [6.07, 6.45) is 3.62. The molecule has 18 heavy (non-hydrogen) atoms. The van der Waals surface area contributed by atoms with E-state index in [2.05, 4.69) is 0 Å². The summed E-state index contributed by atoms with van der Waals surface area (Å²) in [7, 11) is -3.08. The van der Waals surface area contributed by atoms with Gasteiger partial charge in [0, 0.05) is 12.0 Å². The van der Waals surface area contributed by atoms with Gasteiger partial charge in [0.15, 0.2) is 15.6 Å². The van der Waals surface area contributed by atoms with Crippen molar-refractivity contribution >= 4 is 15.6 Å². The second-order valence-electron chi connectivity index (χ2n) is 4.81. The number of Topliss-reactive ketones (excluding diaryl/α,β-unsaturated/α-hetero) is 1. The number of carbonyl (C=O) groups excluding carboxylic acids is 1. The molecule has 0 spiro atoms. The fourth-order valence-corrected chi connectivity index (χ4v) is 4.27. The maximum atomic E-state index is 12.0. The van der Waals surface area contributed by atoms with Crippen molar-refractivity contribution in [3.05, 3.63) is 35.9 Å². The van der Waals surface area contributed by atoms with Gasteiger partial charge in [-0.15, -0.1) is 0 Å². The first kappa shape index (κ1) is 13.3. The molecule has 0 aromatic heterocycles. The molecule has 1 aliphatic carbocycles. The molecule has 1 aromatic carbocycles. The van der Waals surface area contributed by atoms with Crippen LogP contribution in [0.3, 0.4) is 0 Å². The van der Waals surface area contributed by atoms with Gasteiger partial charge >= 0.3 is 0 Å². The Hall–Kier alpha value is -1.16. The average molecular weight is 266 g/mol. The van der Waals surface area contributed by atoms with Crippen LogP contribution in [0.4, 0.5) is 0 Å². The molecule has 1 aliphatic rings. The Labute approximate surface area is 108 Å². The lowest BCUT2D eigenvalue weighted by Crippen LogP contribution is -2.22. The Kier molecular flexibility index (Phi) is 4.17. The van der Waals surface area contributed by atoms with E-state index in [4.69, 9.17) is 0 Å². The molecule has 3 nitrogen and oxygen atoms in total. The summed E-state index contributed by atoms with van der Waals surface area (Å²) in [4.78, 5) is 11.8. The van der Waals surface area contributed by atoms with Gasteiger partial charge in [0.2, 0.25) is 0 Å². The molecule has 1 saturated carbocycles. The highest BCUT2D eigenvalue weighted by Crippen LogP contribution is 2.25. The molecular formula is C14H18O3S. The van der Waals surface area contributed by atoms with E-state index < -0.39 is 9.84 Å². The topological polar surface area (TPSA) is 51.2 Å². The quantitative estimate of drug-likeness (QED) is 0.770. The third-order valence-corrected chi connectivity index (χ3v) is 5.78. The number of hydrogen-bond acceptors (Lipinski definition) is 3. The molecule has 2 rings (SSSR count). The van der Waals surface area contributed by atoms with Crippen LogP contribution in [0.1, 0.15) is 42.5 Å². The first-order valence-electron chi connectivity index (χ1n) is 6.39. The van der Waals surface area contributed by atoms with Crippen LogP contribution in [-0.2, 0) is 9.84 Å². The molecule has 0 bridgehead atoms. The van der Waals surface area contributed by atoms with Gasteiger partial charge in [-0.2, -0.15) is 0 Å². The first-order valence-corrected chi connectivity index (χ1v) is 8.11. The summed E-state index contributed by atoms with van der Waals surface area (Å²) in [6.45, 7) is 0. The van der Waals surface area contributed by atoms with E-state index in [-0.39, 0.29) is 23.2 Å². The summed E-state index contributed by atoms with van der Waals surface area (Å²) in [5.74, 6) is -0.0945. The van der Waals surface area contributed by atoms with E-state index in [9.17, 15) is 13.2 Å².